The summed E-state index contributed by atoms with van der Waals surface area (Å²) in [6, 6.07) is 24.0. The Balaban J connectivity index is 0.000000453. The van der Waals surface area contributed by atoms with Crippen LogP contribution in [0.4, 0.5) is 26.3 Å². The van der Waals surface area contributed by atoms with Gasteiger partial charge in [-0.15, -0.1) is 0 Å². The molecule has 0 fully saturated rings. The van der Waals surface area contributed by atoms with Crippen molar-refractivity contribution in [2.75, 3.05) is 0 Å². The number of benzene rings is 2. The molecule has 0 spiro atoms. The Labute approximate surface area is 219 Å². The number of aromatic hydroxyl groups is 2. The number of aryl methyl sites for hydroxylation is 1. The maximum atomic E-state index is 11.9. The van der Waals surface area contributed by atoms with Gasteiger partial charge >= 0.3 is 55.8 Å². The summed E-state index contributed by atoms with van der Waals surface area (Å²) in [6.45, 7) is 4.17. The molecule has 0 aliphatic carbocycles. The van der Waals surface area contributed by atoms with E-state index in [2.05, 4.69) is 19.9 Å². The topological polar surface area (TPSA) is 40.5 Å². The van der Waals surface area contributed by atoms with E-state index in [1.807, 2.05) is 48.4 Å². The van der Waals surface area contributed by atoms with E-state index in [4.69, 9.17) is 10.2 Å². The Morgan fingerprint density at radius 1 is 0.657 bits per heavy atom. The van der Waals surface area contributed by atoms with Crippen LogP contribution in [0.5, 0.6) is 11.5 Å². The molecule has 35 heavy (non-hydrogen) atoms. The minimum atomic E-state index is -4.38. The normalized spacial score (nSPS) is 10.0. The molecule has 0 atom stereocenters. The number of rotatable bonds is 0. The first-order valence-corrected chi connectivity index (χ1v) is 9.80. The predicted octanol–water partition coefficient (Wildman–Crippen LogP) is 7.56. The van der Waals surface area contributed by atoms with Crippen LogP contribution in [0.1, 0.15) is 16.6 Å². The van der Waals surface area contributed by atoms with Crippen molar-refractivity contribution in [3.63, 3.8) is 0 Å². The minimum absolute atomic E-state index is 0. The van der Waals surface area contributed by atoms with Crippen molar-refractivity contribution in [3.05, 3.63) is 120 Å². The summed E-state index contributed by atoms with van der Waals surface area (Å²) in [7, 11) is 0. The molecule has 0 aliphatic rings. The van der Waals surface area contributed by atoms with E-state index in [9.17, 15) is 26.3 Å². The van der Waals surface area contributed by atoms with E-state index < -0.39 is 23.5 Å². The monoisotopic (exact) mass is 569 g/mol. The summed E-state index contributed by atoms with van der Waals surface area (Å²) in [4.78, 5) is 0. The van der Waals surface area contributed by atoms with Crippen molar-refractivity contribution in [1.29, 1.82) is 0 Å². The van der Waals surface area contributed by atoms with Gasteiger partial charge < -0.3 is 10.2 Å². The van der Waals surface area contributed by atoms with Gasteiger partial charge in [0.15, 0.2) is 0 Å². The van der Waals surface area contributed by atoms with Gasteiger partial charge in [0, 0.05) is 26.2 Å². The Bertz CT molecular complexity index is 997. The third-order valence-electron chi connectivity index (χ3n) is 3.84. The molecule has 2 N–H and O–H groups in total. The van der Waals surface area contributed by atoms with Crippen LogP contribution >= 0.6 is 0 Å². The number of phenolic OH excluding ortho intramolecular Hbond substituents is 2. The fourth-order valence-corrected chi connectivity index (χ4v) is 2.22. The van der Waals surface area contributed by atoms with Crippen LogP contribution in [0, 0.1) is 6.92 Å². The van der Waals surface area contributed by atoms with Gasteiger partial charge in [0.05, 0.1) is 11.1 Å². The van der Waals surface area contributed by atoms with E-state index in [1.165, 1.54) is 17.6 Å². The van der Waals surface area contributed by atoms with Gasteiger partial charge in [0.1, 0.15) is 11.5 Å². The van der Waals surface area contributed by atoms with Crippen LogP contribution in [0.3, 0.4) is 0 Å². The Morgan fingerprint density at radius 3 is 1.31 bits per heavy atom. The van der Waals surface area contributed by atoms with Crippen molar-refractivity contribution in [3.8, 4) is 11.5 Å². The van der Waals surface area contributed by atoms with Gasteiger partial charge in [-0.05, 0) is 36.4 Å². The molecule has 3 aromatic carbocycles. The van der Waals surface area contributed by atoms with E-state index in [-0.39, 0.29) is 37.7 Å². The van der Waals surface area contributed by atoms with Crippen molar-refractivity contribution in [1.82, 2.24) is 0 Å². The second-order valence-electron chi connectivity index (χ2n) is 6.71. The average Bonchev–Trinajstić information content (AvgIpc) is 3.34. The van der Waals surface area contributed by atoms with Crippen LogP contribution in [0.2, 0.25) is 0 Å². The van der Waals surface area contributed by atoms with Gasteiger partial charge in [-0.25, -0.2) is 12.1 Å². The van der Waals surface area contributed by atoms with Gasteiger partial charge in [0.2, 0.25) is 0 Å². The summed E-state index contributed by atoms with van der Waals surface area (Å²) in [5.41, 5.74) is -0.350. The molecule has 0 radical (unpaired) electrons. The maximum Gasteiger partial charge on any atom is 0.416 e. The second kappa shape index (κ2) is 16.0. The largest absolute Gasteiger partial charge is 0.508 e. The number of alkyl halides is 6. The van der Waals surface area contributed by atoms with E-state index in [1.54, 1.807) is 0 Å². The number of phenols is 2. The van der Waals surface area contributed by atoms with Crippen molar-refractivity contribution < 1.29 is 62.8 Å². The Kier molecular flexibility index (Phi) is 14.8. The molecule has 0 amide bonds. The van der Waals surface area contributed by atoms with Crippen molar-refractivity contribution >= 4 is 6.91 Å². The molecule has 0 saturated carbocycles. The van der Waals surface area contributed by atoms with E-state index >= 15 is 0 Å². The minimum Gasteiger partial charge on any atom is -0.508 e. The molecule has 10 heteroatoms. The zero-order valence-electron chi connectivity index (χ0n) is 18.6. The molecule has 184 valence electrons. The maximum absolute atomic E-state index is 11.9. The number of halogens is 6. The zero-order valence-corrected chi connectivity index (χ0v) is 21.0. The first-order chi connectivity index (χ1) is 15.9. The molecule has 0 unspecified atom stereocenters. The molecule has 0 saturated heterocycles. The van der Waals surface area contributed by atoms with Gasteiger partial charge in [0.25, 0.3) is 0 Å². The van der Waals surface area contributed by atoms with Gasteiger partial charge in [-0.1, -0.05) is 12.1 Å². The molecule has 4 rings (SSSR count). The Morgan fingerprint density at radius 2 is 1.11 bits per heavy atom. The van der Waals surface area contributed by atoms with E-state index in [0.29, 0.717) is 12.1 Å². The van der Waals surface area contributed by atoms with Crippen molar-refractivity contribution in [2.24, 2.45) is 0 Å². The number of hydrogen-bond acceptors (Lipinski definition) is 2. The fraction of sp³-hybridized carbons (Fsp3) is 0.120. The van der Waals surface area contributed by atoms with Gasteiger partial charge in [-0.3, -0.25) is 0 Å². The number of hydrogen-bond donors (Lipinski definition) is 2. The average molecular weight is 570 g/mol. The van der Waals surface area contributed by atoms with Crippen LogP contribution < -0.4 is 0 Å². The quantitative estimate of drug-likeness (QED) is 0.169. The van der Waals surface area contributed by atoms with Crippen molar-refractivity contribution in [2.45, 2.75) is 19.3 Å². The van der Waals surface area contributed by atoms with Crippen LogP contribution in [-0.2, 0) is 38.6 Å². The van der Waals surface area contributed by atoms with E-state index in [0.717, 1.165) is 24.3 Å². The molecule has 1 aromatic heterocycles. The SMILES string of the molecule is Cc1bcccc1.Oc1cccc(C(F)(F)F)c1.Oc1cccc(C(F)(F)F)c1.[Zr].c1cc[cH-]c1. The smallest absolute Gasteiger partial charge is 0.416 e. The van der Waals surface area contributed by atoms with Crippen LogP contribution in [-0.4, -0.2) is 17.1 Å². The third-order valence-corrected chi connectivity index (χ3v) is 3.84. The summed E-state index contributed by atoms with van der Waals surface area (Å²) >= 11 is 0. The zero-order chi connectivity index (χ0) is 25.6. The summed E-state index contributed by atoms with van der Waals surface area (Å²) in [5.74, 6) is 1.29. The fourth-order valence-electron chi connectivity index (χ4n) is 2.22. The van der Waals surface area contributed by atoms with Crippen LogP contribution in [0.25, 0.3) is 0 Å². The summed E-state index contributed by atoms with van der Waals surface area (Å²) < 4.78 is 71.1. The molecule has 0 aliphatic heterocycles. The summed E-state index contributed by atoms with van der Waals surface area (Å²) in [5, 5.41) is 17.4. The first-order valence-electron chi connectivity index (χ1n) is 9.80. The third kappa shape index (κ3) is 15.0. The summed E-state index contributed by atoms with van der Waals surface area (Å²) in [6.07, 6.45) is -8.75. The molecule has 1 heterocycles. The molecule has 2 nitrogen and oxygen atoms in total. The second-order valence-corrected chi connectivity index (χ2v) is 6.71. The van der Waals surface area contributed by atoms with Crippen LogP contribution in [0.15, 0.2) is 103 Å². The molecule has 0 bridgehead atoms. The first kappa shape index (κ1) is 32.3. The molecular formula is C25H22BF6O2Zr-. The molecule has 4 aromatic rings. The predicted molar refractivity (Wildman–Crippen MR) is 121 cm³/mol. The van der Waals surface area contributed by atoms with Gasteiger partial charge in [-0.2, -0.15) is 44.5 Å². The Hall–Kier alpha value is -2.73. The standard InChI is InChI=1S/2C7H5F3O.C6H7B.C5H5.Zr/c2*8-7(9,10)5-2-1-3-6(11)4-5;1-6-4-2-3-5-7-6;1-2-4-5-3-1;/h2*1-4,11H;2-5H,1H3;1-5H;/q;;;-1;. The molecular weight excluding hydrogens is 548 g/mol.